The third-order valence-electron chi connectivity index (χ3n) is 2.89. The van der Waals surface area contributed by atoms with Gasteiger partial charge in [0.05, 0.1) is 16.3 Å². The first-order chi connectivity index (χ1) is 10.7. The number of carbonyl (C=O) groups excluding carboxylic acids is 1. The summed E-state index contributed by atoms with van der Waals surface area (Å²) in [6, 6.07) is 9.72. The molecule has 0 fully saturated rings. The number of aromatic nitrogens is 1. The lowest BCUT2D eigenvalue weighted by Gasteiger charge is -2.19. The Bertz CT molecular complexity index is 691. The van der Waals surface area contributed by atoms with E-state index in [1.54, 1.807) is 40.8 Å². The van der Waals surface area contributed by atoms with Gasteiger partial charge in [-0.3, -0.25) is 9.78 Å². The first-order valence-electron chi connectivity index (χ1n) is 6.67. The molecule has 22 heavy (non-hydrogen) atoms. The average Bonchev–Trinajstić information content (AvgIpc) is 2.95. The number of amides is 1. The summed E-state index contributed by atoms with van der Waals surface area (Å²) in [6.45, 7) is 0.857. The van der Waals surface area contributed by atoms with Crippen LogP contribution in [0.1, 0.15) is 16.9 Å². The molecule has 0 aliphatic heterocycles. The monoisotopic (exact) mass is 375 g/mol. The third-order valence-corrected chi connectivity index (χ3v) is 4.47. The second-order valence-corrected chi connectivity index (χ2v) is 7.00. The van der Waals surface area contributed by atoms with Crippen molar-refractivity contribution in [3.8, 4) is 6.07 Å². The first-order valence-corrected chi connectivity index (χ1v) is 8.28. The fourth-order valence-electron chi connectivity index (χ4n) is 1.84. The van der Waals surface area contributed by atoms with Gasteiger partial charge in [0.25, 0.3) is 0 Å². The molecule has 0 saturated heterocycles. The van der Waals surface area contributed by atoms with Crippen LogP contribution in [0.25, 0.3) is 6.08 Å². The van der Waals surface area contributed by atoms with Crippen molar-refractivity contribution in [2.75, 3.05) is 6.54 Å². The zero-order valence-corrected chi connectivity index (χ0v) is 14.2. The Balaban J connectivity index is 2.05. The van der Waals surface area contributed by atoms with Crippen LogP contribution in [0.2, 0.25) is 0 Å². The van der Waals surface area contributed by atoms with E-state index in [-0.39, 0.29) is 5.91 Å². The average molecular weight is 376 g/mol. The molecule has 2 aromatic rings. The van der Waals surface area contributed by atoms with Gasteiger partial charge in [0.2, 0.25) is 5.91 Å². The zero-order valence-electron chi connectivity index (χ0n) is 11.8. The predicted octanol–water partition coefficient (Wildman–Crippen LogP) is 3.86. The highest BCUT2D eigenvalue weighted by Crippen LogP contribution is 2.23. The van der Waals surface area contributed by atoms with Crippen LogP contribution < -0.4 is 0 Å². The summed E-state index contributed by atoms with van der Waals surface area (Å²) in [7, 11) is 0. The lowest BCUT2D eigenvalue weighted by Crippen LogP contribution is -2.29. The van der Waals surface area contributed by atoms with Crippen molar-refractivity contribution in [1.29, 1.82) is 5.26 Å². The molecule has 0 aliphatic carbocycles. The van der Waals surface area contributed by atoms with Crippen molar-refractivity contribution in [3.05, 3.63) is 57.0 Å². The summed E-state index contributed by atoms with van der Waals surface area (Å²) in [5, 5.41) is 8.75. The number of halogens is 1. The van der Waals surface area contributed by atoms with Gasteiger partial charge < -0.3 is 4.90 Å². The predicted molar refractivity (Wildman–Crippen MR) is 90.9 cm³/mol. The quantitative estimate of drug-likeness (QED) is 0.720. The number of carbonyl (C=O) groups is 1. The Kier molecular flexibility index (Phi) is 6.31. The maximum Gasteiger partial charge on any atom is 0.246 e. The zero-order chi connectivity index (χ0) is 15.8. The van der Waals surface area contributed by atoms with E-state index in [1.165, 1.54) is 0 Å². The van der Waals surface area contributed by atoms with Crippen LogP contribution in [0.4, 0.5) is 0 Å². The van der Waals surface area contributed by atoms with Gasteiger partial charge in [-0.2, -0.15) is 5.26 Å². The van der Waals surface area contributed by atoms with Crippen LogP contribution in [0.15, 0.2) is 46.5 Å². The molecule has 0 bridgehead atoms. The molecule has 2 aromatic heterocycles. The molecule has 112 valence electrons. The van der Waals surface area contributed by atoms with E-state index < -0.39 is 0 Å². The number of nitrogens with zero attached hydrogens (tertiary/aromatic N) is 3. The van der Waals surface area contributed by atoms with Gasteiger partial charge in [0.1, 0.15) is 0 Å². The highest BCUT2D eigenvalue weighted by atomic mass is 79.9. The lowest BCUT2D eigenvalue weighted by atomic mass is 10.2. The largest absolute Gasteiger partial charge is 0.334 e. The minimum atomic E-state index is -0.108. The maximum absolute atomic E-state index is 12.3. The van der Waals surface area contributed by atoms with Crippen molar-refractivity contribution < 1.29 is 4.79 Å². The molecule has 4 nitrogen and oxygen atoms in total. The lowest BCUT2D eigenvalue weighted by molar-refractivity contribution is -0.126. The molecule has 0 aliphatic rings. The van der Waals surface area contributed by atoms with Crippen LogP contribution in [-0.4, -0.2) is 22.3 Å². The van der Waals surface area contributed by atoms with Gasteiger partial charge in [-0.1, -0.05) is 6.07 Å². The van der Waals surface area contributed by atoms with Gasteiger partial charge in [-0.15, -0.1) is 11.3 Å². The molecule has 2 rings (SSSR count). The SMILES string of the molecule is N#CCCN(Cc1cccnc1)C(=O)/C=C/c1ccc(Br)s1. The van der Waals surface area contributed by atoms with Gasteiger partial charge in [-0.25, -0.2) is 0 Å². The summed E-state index contributed by atoms with van der Waals surface area (Å²) in [5.41, 5.74) is 0.945. The van der Waals surface area contributed by atoms with Gasteiger partial charge in [0, 0.05) is 36.4 Å². The minimum absolute atomic E-state index is 0.108. The number of hydrogen-bond acceptors (Lipinski definition) is 4. The summed E-state index contributed by atoms with van der Waals surface area (Å²) < 4.78 is 1.02. The number of pyridine rings is 1. The van der Waals surface area contributed by atoms with E-state index in [2.05, 4.69) is 27.0 Å². The summed E-state index contributed by atoms with van der Waals surface area (Å²) in [4.78, 5) is 19.0. The third kappa shape index (κ3) is 5.10. The van der Waals surface area contributed by atoms with E-state index in [0.29, 0.717) is 19.5 Å². The van der Waals surface area contributed by atoms with Crippen molar-refractivity contribution in [2.24, 2.45) is 0 Å². The van der Waals surface area contributed by atoms with E-state index in [9.17, 15) is 4.79 Å². The Hall–Kier alpha value is -1.97. The van der Waals surface area contributed by atoms with Crippen LogP contribution in [0.5, 0.6) is 0 Å². The van der Waals surface area contributed by atoms with Crippen molar-refractivity contribution >= 4 is 39.2 Å². The summed E-state index contributed by atoms with van der Waals surface area (Å²) >= 11 is 4.95. The standard InChI is InChI=1S/C16H14BrN3OS/c17-15-6-4-14(22-15)5-7-16(21)20(10-2-8-18)12-13-3-1-9-19-11-13/h1,3-7,9,11H,2,10,12H2/b7-5+. The van der Waals surface area contributed by atoms with Crippen LogP contribution in [0.3, 0.4) is 0 Å². The summed E-state index contributed by atoms with van der Waals surface area (Å²) in [6.07, 6.45) is 7.07. The molecule has 0 spiro atoms. The van der Waals surface area contributed by atoms with Gasteiger partial charge in [-0.05, 0) is 45.8 Å². The van der Waals surface area contributed by atoms with E-state index in [4.69, 9.17) is 5.26 Å². The molecule has 0 N–H and O–H groups in total. The normalized spacial score (nSPS) is 10.5. The number of nitriles is 1. The van der Waals surface area contributed by atoms with Crippen LogP contribution in [-0.2, 0) is 11.3 Å². The number of hydrogen-bond donors (Lipinski definition) is 0. The first kappa shape index (κ1) is 16.4. The van der Waals surface area contributed by atoms with Crippen LogP contribution in [0, 0.1) is 11.3 Å². The Morgan fingerprint density at radius 1 is 1.45 bits per heavy atom. The second-order valence-electron chi connectivity index (χ2n) is 4.50. The molecule has 0 radical (unpaired) electrons. The Labute approximate surface area is 141 Å². The molecule has 1 amide bonds. The van der Waals surface area contributed by atoms with Crippen molar-refractivity contribution in [3.63, 3.8) is 0 Å². The molecule has 0 atom stereocenters. The Morgan fingerprint density at radius 3 is 2.95 bits per heavy atom. The minimum Gasteiger partial charge on any atom is -0.334 e. The molecule has 6 heteroatoms. The van der Waals surface area contributed by atoms with Gasteiger partial charge in [0.15, 0.2) is 0 Å². The number of rotatable bonds is 6. The fourth-order valence-corrected chi connectivity index (χ4v) is 3.17. The molecule has 0 saturated carbocycles. The smallest absolute Gasteiger partial charge is 0.246 e. The Morgan fingerprint density at radius 2 is 2.32 bits per heavy atom. The summed E-state index contributed by atoms with van der Waals surface area (Å²) in [5.74, 6) is -0.108. The second kappa shape index (κ2) is 8.47. The van der Waals surface area contributed by atoms with Crippen molar-refractivity contribution in [2.45, 2.75) is 13.0 Å². The van der Waals surface area contributed by atoms with Crippen molar-refractivity contribution in [1.82, 2.24) is 9.88 Å². The topological polar surface area (TPSA) is 57.0 Å². The molecule has 2 heterocycles. The van der Waals surface area contributed by atoms with Gasteiger partial charge >= 0.3 is 0 Å². The fraction of sp³-hybridized carbons (Fsp3) is 0.188. The van der Waals surface area contributed by atoms with E-state index in [0.717, 1.165) is 14.2 Å². The highest BCUT2D eigenvalue weighted by Gasteiger charge is 2.11. The number of thiophene rings is 1. The molecular weight excluding hydrogens is 362 g/mol. The van der Waals surface area contributed by atoms with Crippen LogP contribution >= 0.6 is 27.3 Å². The van der Waals surface area contributed by atoms with E-state index >= 15 is 0 Å². The maximum atomic E-state index is 12.3. The van der Waals surface area contributed by atoms with E-state index in [1.807, 2.05) is 24.3 Å². The molecule has 0 unspecified atom stereocenters. The molecular formula is C16H14BrN3OS. The molecule has 0 aromatic carbocycles. The highest BCUT2D eigenvalue weighted by molar-refractivity contribution is 9.11.